The van der Waals surface area contributed by atoms with Gasteiger partial charge < -0.3 is 4.74 Å². The van der Waals surface area contributed by atoms with Gasteiger partial charge in [0, 0.05) is 11.3 Å². The molecule has 1 amide bonds. The third kappa shape index (κ3) is 5.63. The van der Waals surface area contributed by atoms with Crippen molar-refractivity contribution in [3.8, 4) is 5.75 Å². The molecule has 0 aliphatic heterocycles. The molecular formula is C19H16FN3O2S2. The van der Waals surface area contributed by atoms with Gasteiger partial charge in [-0.15, -0.1) is 10.2 Å². The number of halogens is 1. The van der Waals surface area contributed by atoms with Gasteiger partial charge in [0.15, 0.2) is 4.34 Å². The van der Waals surface area contributed by atoms with Crippen molar-refractivity contribution in [3.63, 3.8) is 0 Å². The molecule has 27 heavy (non-hydrogen) atoms. The third-order valence-electron chi connectivity index (χ3n) is 3.39. The molecule has 8 heteroatoms. The van der Waals surface area contributed by atoms with Crippen LogP contribution in [0.4, 0.5) is 9.52 Å². The molecule has 0 radical (unpaired) electrons. The molecule has 0 saturated heterocycles. The number of hydrogen-bond acceptors (Lipinski definition) is 6. The number of carbonyl (C=O) groups is 1. The van der Waals surface area contributed by atoms with Crippen molar-refractivity contribution in [3.05, 3.63) is 78.1 Å². The van der Waals surface area contributed by atoms with Crippen molar-refractivity contribution < 1.29 is 13.9 Å². The van der Waals surface area contributed by atoms with Gasteiger partial charge in [0.1, 0.15) is 18.2 Å². The molecule has 3 aromatic rings. The van der Waals surface area contributed by atoms with E-state index < -0.39 is 0 Å². The summed E-state index contributed by atoms with van der Waals surface area (Å²) in [5.74, 6) is 0.790. The van der Waals surface area contributed by atoms with E-state index in [-0.39, 0.29) is 11.7 Å². The number of anilines is 1. The maximum atomic E-state index is 12.9. The smallest absolute Gasteiger partial charge is 0.257 e. The van der Waals surface area contributed by atoms with E-state index in [4.69, 9.17) is 4.74 Å². The summed E-state index contributed by atoms with van der Waals surface area (Å²) < 4.78 is 19.0. The summed E-state index contributed by atoms with van der Waals surface area (Å²) in [6.07, 6.45) is 1.65. The summed E-state index contributed by atoms with van der Waals surface area (Å²) in [4.78, 5) is 12.3. The maximum Gasteiger partial charge on any atom is 0.257 e. The minimum absolute atomic E-state index is 0.259. The van der Waals surface area contributed by atoms with E-state index in [0.717, 1.165) is 9.90 Å². The highest BCUT2D eigenvalue weighted by molar-refractivity contribution is 8.00. The Bertz CT molecular complexity index is 911. The van der Waals surface area contributed by atoms with Crippen LogP contribution in [0.3, 0.4) is 0 Å². The molecule has 0 aliphatic rings. The van der Waals surface area contributed by atoms with Crippen LogP contribution >= 0.6 is 23.1 Å². The van der Waals surface area contributed by atoms with Gasteiger partial charge in [0.25, 0.3) is 5.91 Å². The number of rotatable bonds is 8. The number of aromatic nitrogens is 2. The van der Waals surface area contributed by atoms with Crippen LogP contribution in [-0.4, -0.2) is 22.7 Å². The summed E-state index contributed by atoms with van der Waals surface area (Å²) in [7, 11) is 0. The second kappa shape index (κ2) is 9.29. The molecule has 0 bridgehead atoms. The molecular weight excluding hydrogens is 385 g/mol. The van der Waals surface area contributed by atoms with Gasteiger partial charge in [-0.05, 0) is 42.0 Å². The monoisotopic (exact) mass is 401 g/mol. The van der Waals surface area contributed by atoms with Crippen molar-refractivity contribution in [2.24, 2.45) is 0 Å². The zero-order chi connectivity index (χ0) is 19.1. The number of thioether (sulfide) groups is 1. The first-order valence-electron chi connectivity index (χ1n) is 8.00. The normalized spacial score (nSPS) is 10.4. The summed E-state index contributed by atoms with van der Waals surface area (Å²) in [5.41, 5.74) is 1.48. The van der Waals surface area contributed by atoms with Crippen LogP contribution in [0.2, 0.25) is 0 Å². The first kappa shape index (κ1) is 19.1. The van der Waals surface area contributed by atoms with Crippen LogP contribution in [-0.2, 0) is 5.75 Å². The Hall–Kier alpha value is -2.71. The first-order valence-corrected chi connectivity index (χ1v) is 9.80. The molecule has 0 fully saturated rings. The van der Waals surface area contributed by atoms with Gasteiger partial charge >= 0.3 is 0 Å². The van der Waals surface area contributed by atoms with E-state index in [0.29, 0.717) is 28.8 Å². The quantitative estimate of drug-likeness (QED) is 0.334. The fourth-order valence-corrected chi connectivity index (χ4v) is 3.77. The van der Waals surface area contributed by atoms with Gasteiger partial charge in [-0.25, -0.2) is 4.39 Å². The lowest BCUT2D eigenvalue weighted by Crippen LogP contribution is -2.11. The second-order valence-corrected chi connectivity index (χ2v) is 7.57. The Kier molecular flexibility index (Phi) is 6.56. The fraction of sp³-hybridized carbons (Fsp3) is 0.105. The molecule has 0 aliphatic carbocycles. The topological polar surface area (TPSA) is 64.1 Å². The van der Waals surface area contributed by atoms with Crippen LogP contribution in [0, 0.1) is 5.82 Å². The van der Waals surface area contributed by atoms with Crippen molar-refractivity contribution >= 4 is 34.1 Å². The lowest BCUT2D eigenvalue weighted by molar-refractivity contribution is 0.102. The van der Waals surface area contributed by atoms with Crippen molar-refractivity contribution in [2.45, 2.75) is 10.1 Å². The molecule has 2 aromatic carbocycles. The predicted octanol–water partition coefficient (Wildman–Crippen LogP) is 4.79. The number of ether oxygens (including phenoxy) is 1. The van der Waals surface area contributed by atoms with Crippen LogP contribution in [0.1, 0.15) is 15.9 Å². The molecule has 5 nitrogen and oxygen atoms in total. The molecule has 1 heterocycles. The van der Waals surface area contributed by atoms with Gasteiger partial charge in [-0.3, -0.25) is 10.1 Å². The first-order chi connectivity index (χ1) is 13.1. The van der Waals surface area contributed by atoms with Crippen LogP contribution in [0.25, 0.3) is 0 Å². The van der Waals surface area contributed by atoms with E-state index in [1.165, 1.54) is 35.2 Å². The lowest BCUT2D eigenvalue weighted by Gasteiger charge is -2.04. The zero-order valence-electron chi connectivity index (χ0n) is 14.2. The largest absolute Gasteiger partial charge is 0.490 e. The molecule has 0 spiro atoms. The van der Waals surface area contributed by atoms with E-state index in [9.17, 15) is 9.18 Å². The van der Waals surface area contributed by atoms with Gasteiger partial charge in [-0.1, -0.05) is 47.9 Å². The van der Waals surface area contributed by atoms with Crippen LogP contribution in [0.5, 0.6) is 5.75 Å². The Balaban J connectivity index is 1.54. The molecule has 1 N–H and O–H groups in total. The Morgan fingerprint density at radius 2 is 1.93 bits per heavy atom. The molecule has 0 unspecified atom stereocenters. The van der Waals surface area contributed by atoms with Crippen molar-refractivity contribution in [1.29, 1.82) is 0 Å². The summed E-state index contributed by atoms with van der Waals surface area (Å²) in [5, 5.41) is 11.2. The lowest BCUT2D eigenvalue weighted by atomic mass is 10.2. The van der Waals surface area contributed by atoms with Crippen molar-refractivity contribution in [1.82, 2.24) is 10.2 Å². The highest BCUT2D eigenvalue weighted by atomic mass is 32.2. The summed E-state index contributed by atoms with van der Waals surface area (Å²) in [6.45, 7) is 4.00. The number of nitrogens with zero attached hydrogens (tertiary/aromatic N) is 2. The number of amides is 1. The van der Waals surface area contributed by atoms with Crippen LogP contribution in [0.15, 0.2) is 65.5 Å². The van der Waals surface area contributed by atoms with E-state index in [1.807, 2.05) is 0 Å². The Morgan fingerprint density at radius 1 is 1.19 bits per heavy atom. The minimum Gasteiger partial charge on any atom is -0.490 e. The standard InChI is InChI=1S/C19H16FN3O2S2/c1-2-11-25-16-9-5-14(6-10-16)17(24)21-18-22-23-19(27-18)26-12-13-3-7-15(20)8-4-13/h2-10H,1,11-12H2,(H,21,22,24). The third-order valence-corrected chi connectivity index (χ3v) is 5.43. The number of benzene rings is 2. The average molecular weight is 401 g/mol. The highest BCUT2D eigenvalue weighted by Crippen LogP contribution is 2.28. The number of nitrogens with one attached hydrogen (secondary N) is 1. The highest BCUT2D eigenvalue weighted by Gasteiger charge is 2.11. The number of hydrogen-bond donors (Lipinski definition) is 1. The van der Waals surface area contributed by atoms with E-state index >= 15 is 0 Å². The van der Waals surface area contributed by atoms with Gasteiger partial charge in [0.2, 0.25) is 5.13 Å². The molecule has 1 aromatic heterocycles. The van der Waals surface area contributed by atoms with E-state index in [2.05, 4.69) is 22.1 Å². The molecule has 0 saturated carbocycles. The minimum atomic E-state index is -0.267. The molecule has 0 atom stereocenters. The Labute approximate surface area is 164 Å². The van der Waals surface area contributed by atoms with Crippen molar-refractivity contribution in [2.75, 3.05) is 11.9 Å². The second-order valence-electron chi connectivity index (χ2n) is 5.37. The summed E-state index contributed by atoms with van der Waals surface area (Å²) in [6, 6.07) is 13.1. The maximum absolute atomic E-state index is 12.9. The SMILES string of the molecule is C=CCOc1ccc(C(=O)Nc2nnc(SCc3ccc(F)cc3)s2)cc1. The van der Waals surface area contributed by atoms with Crippen LogP contribution < -0.4 is 10.1 Å². The number of carbonyl (C=O) groups excluding carboxylic acids is 1. The molecule has 3 rings (SSSR count). The average Bonchev–Trinajstić information content (AvgIpc) is 3.13. The Morgan fingerprint density at radius 3 is 2.63 bits per heavy atom. The zero-order valence-corrected chi connectivity index (χ0v) is 15.9. The van der Waals surface area contributed by atoms with Gasteiger partial charge in [-0.2, -0.15) is 0 Å². The summed E-state index contributed by atoms with van der Waals surface area (Å²) >= 11 is 2.77. The predicted molar refractivity (Wildman–Crippen MR) is 106 cm³/mol. The van der Waals surface area contributed by atoms with Gasteiger partial charge in [0.05, 0.1) is 0 Å². The molecule has 138 valence electrons. The fourth-order valence-electron chi connectivity index (χ4n) is 2.07. The van der Waals surface area contributed by atoms with E-state index in [1.54, 1.807) is 42.5 Å².